The normalized spacial score (nSPS) is 26.5. The Bertz CT molecular complexity index is 6720. The number of imidazole rings is 4. The first-order chi connectivity index (χ1) is 66.7. The van der Waals surface area contributed by atoms with Gasteiger partial charge in [-0.1, -0.05) is 39.8 Å². The molecule has 57 nitrogen and oxygen atoms in total. The number of hydrogen-bond acceptors (Lipinski definition) is 44. The van der Waals surface area contributed by atoms with Gasteiger partial charge in [-0.3, -0.25) is 93.7 Å². The summed E-state index contributed by atoms with van der Waals surface area (Å²) in [5, 5.41) is 65.9. The molecule has 6 fully saturated rings. The van der Waals surface area contributed by atoms with E-state index in [4.69, 9.17) is 93.7 Å². The molecular formula is C79H109N28O29P3. The second-order valence-electron chi connectivity index (χ2n) is 33.5. The summed E-state index contributed by atoms with van der Waals surface area (Å²) in [5.74, 6) is 0.952. The minimum absolute atomic E-state index is 0.0215. The molecule has 18 rings (SSSR count). The van der Waals surface area contributed by atoms with E-state index in [9.17, 15) is 73.1 Å². The number of ether oxygens (including phenoxy) is 8. The zero-order valence-corrected chi connectivity index (χ0v) is 78.3. The van der Waals surface area contributed by atoms with Crippen LogP contribution in [0.3, 0.4) is 0 Å². The maximum Gasteiger partial charge on any atom is 0.408 e. The molecule has 3 unspecified atom stereocenters. The van der Waals surface area contributed by atoms with Gasteiger partial charge in [-0.25, -0.2) is 67.6 Å². The number of H-pyrrole nitrogens is 4. The van der Waals surface area contributed by atoms with Crippen molar-refractivity contribution in [2.45, 2.75) is 216 Å². The Kier molecular flexibility index (Phi) is 31.3. The largest absolute Gasteiger partial charge is 0.454 e. The Morgan fingerprint density at radius 2 is 0.878 bits per heavy atom. The second-order valence-corrected chi connectivity index (χ2v) is 39.2. The van der Waals surface area contributed by atoms with Crippen molar-refractivity contribution < 1.29 is 109 Å². The van der Waals surface area contributed by atoms with Crippen molar-refractivity contribution in [3.05, 3.63) is 142 Å². The minimum atomic E-state index is -4.27. The van der Waals surface area contributed by atoms with Gasteiger partial charge < -0.3 is 97.2 Å². The molecule has 1 aromatic carbocycles. The molecule has 0 amide bonds. The highest BCUT2D eigenvalue weighted by atomic mass is 31.2. The maximum absolute atomic E-state index is 14.6. The molecule has 6 saturated heterocycles. The van der Waals surface area contributed by atoms with E-state index in [0.29, 0.717) is 85.7 Å². The monoisotopic (exact) mass is 2010 g/mol. The molecule has 10 aromatic heterocycles. The van der Waals surface area contributed by atoms with Crippen LogP contribution in [0, 0.1) is 6.92 Å². The zero-order valence-electron chi connectivity index (χ0n) is 75.7. The zero-order chi connectivity index (χ0) is 98.6. The molecule has 7 aliphatic heterocycles. The highest BCUT2D eigenvalue weighted by Crippen LogP contribution is 2.59. The Hall–Kier alpha value is -11.2. The summed E-state index contributed by atoms with van der Waals surface area (Å²) in [5.41, 5.74) is 27.7. The van der Waals surface area contributed by atoms with E-state index in [0.717, 1.165) is 0 Å². The van der Waals surface area contributed by atoms with Gasteiger partial charge in [-0.2, -0.15) is 19.9 Å². The highest BCUT2D eigenvalue weighted by Gasteiger charge is 2.51. The van der Waals surface area contributed by atoms with Crippen molar-refractivity contribution in [3.8, 4) is 11.5 Å². The summed E-state index contributed by atoms with van der Waals surface area (Å²) in [6.07, 6.45) is -3.56. The molecule has 0 radical (unpaired) electrons. The van der Waals surface area contributed by atoms with Crippen molar-refractivity contribution in [1.29, 1.82) is 0 Å². The summed E-state index contributed by atoms with van der Waals surface area (Å²) < 4.78 is 139. The molecule has 0 spiro atoms. The number of nitrogens with two attached hydrogens (primary N) is 5. The fraction of sp³-hybridized carbons (Fsp3) is 0.570. The molecule has 754 valence electrons. The number of nitrogen functional groups attached to an aromatic ring is 5. The lowest BCUT2D eigenvalue weighted by molar-refractivity contribution is -0.0551. The molecular weight excluding hydrogens is 1900 g/mol. The summed E-state index contributed by atoms with van der Waals surface area (Å²) >= 11 is 0. The topological polar surface area (TPSA) is 774 Å². The van der Waals surface area contributed by atoms with Crippen LogP contribution in [0.2, 0.25) is 0 Å². The number of aromatic nitrogens is 20. The van der Waals surface area contributed by atoms with Crippen LogP contribution in [0.4, 0.5) is 29.5 Å². The number of rotatable bonds is 37. The van der Waals surface area contributed by atoms with Crippen molar-refractivity contribution in [2.75, 3.05) is 101 Å². The highest BCUT2D eigenvalue weighted by molar-refractivity contribution is 7.52. The van der Waals surface area contributed by atoms with Crippen LogP contribution in [-0.4, -0.2) is 283 Å². The van der Waals surface area contributed by atoms with Gasteiger partial charge in [-0.15, -0.1) is 0 Å². The molecule has 0 saturated carbocycles. The summed E-state index contributed by atoms with van der Waals surface area (Å²) in [4.78, 5) is 124. The Labute approximate surface area is 785 Å². The molecule has 21 atom stereocenters. The fourth-order valence-electron chi connectivity index (χ4n) is 17.1. The van der Waals surface area contributed by atoms with Crippen molar-refractivity contribution in [2.24, 2.45) is 0 Å². The number of aromatic amines is 4. The number of anilines is 5. The van der Waals surface area contributed by atoms with Gasteiger partial charge in [0.2, 0.25) is 24.6 Å². The van der Waals surface area contributed by atoms with Crippen molar-refractivity contribution in [3.63, 3.8) is 0 Å². The van der Waals surface area contributed by atoms with E-state index in [1.165, 1.54) is 72.9 Å². The summed E-state index contributed by atoms with van der Waals surface area (Å²) in [6, 6.07) is 6.72. The third-order valence-electron chi connectivity index (χ3n) is 23.9. The predicted molar refractivity (Wildman–Crippen MR) is 486 cm³/mol. The van der Waals surface area contributed by atoms with Crippen LogP contribution in [0.25, 0.3) is 44.7 Å². The predicted octanol–water partition coefficient (Wildman–Crippen LogP) is 0.302. The minimum Gasteiger partial charge on any atom is -0.454 e. The lowest BCUT2D eigenvalue weighted by atomic mass is 10.2. The van der Waals surface area contributed by atoms with E-state index >= 15 is 0 Å². The molecule has 0 bridgehead atoms. The standard InChI is InChI=1S/C28H32N11O10P.C26H39N8O10P.C25H38N9O9P/c29-24-21-25(32-9-31-24)38(10-33-21)20-5-16(17(7-40)47-20)49-50(43,35-6-13-2-1-3-15-23(13)45-12-44-15)46-8-18-14(41)4-19(48-18)39-11-34-22-26(39)36-28(30)37-27(22)42;1-4-6-32(7-5-2)45(40,41-12-18-15(36)8-19(43-18)33-10-14(3)23(37)31-26(33)39)44-16-9-20(42-17(16)11-35)34-13-28-21-22(34)29-25(27)30-24(21)38;1-3-6-32(7-4-2)44(39,40-12-17-14(36)9-19(42-17)33-8-5-18(26)29-25(33)38)43-15-10-20(41-16(15)11-35)34-13-28-21-22(34)30-24(27)31-23(21)37/h1-3,9-11,14,16-20,40-41H,4-8,12H2,(H,35,43)(H2,29,31,32)(H3,30,36,37,42);10,13,15-20,35-36H,4-9,11-12H2,1-3H3,(H,31,37,39)(H3,27,29,30,38);5,8,13-17,19-20,35-36H,3-4,6-7,9-12H2,1-2H3,(H2,26,29,38)(H3,27,30,31,37)/t14-,16-,17-,18-,19-,20-,50?;15-,16-,17-,18-,19-,20-,45?;14-,15-,16-,17-,19-,20-,44?/m111/s1. The molecule has 21 N–H and O–H groups in total. The fourth-order valence-corrected chi connectivity index (χ4v) is 22.9. The van der Waals surface area contributed by atoms with Gasteiger partial charge in [0.25, 0.3) is 22.2 Å². The third-order valence-corrected chi connectivity index (χ3v) is 29.7. The van der Waals surface area contributed by atoms with Gasteiger partial charge in [0.15, 0.2) is 56.5 Å². The van der Waals surface area contributed by atoms with Crippen LogP contribution in [0.1, 0.15) is 140 Å². The average molecular weight is 2010 g/mol. The number of aliphatic hydroxyl groups excluding tert-OH is 6. The first-order valence-corrected chi connectivity index (χ1v) is 49.3. The second kappa shape index (κ2) is 43.1. The lowest BCUT2D eigenvalue weighted by Crippen LogP contribution is -2.34. The lowest BCUT2D eigenvalue weighted by Gasteiger charge is -2.33. The summed E-state index contributed by atoms with van der Waals surface area (Å²) in [7, 11) is -12.5. The van der Waals surface area contributed by atoms with E-state index in [1.54, 1.807) is 39.0 Å². The number of benzene rings is 1. The first kappa shape index (κ1) is 101. The van der Waals surface area contributed by atoms with E-state index in [-0.39, 0.29) is 135 Å². The Morgan fingerprint density at radius 1 is 0.468 bits per heavy atom. The number of para-hydroxylation sites is 1. The van der Waals surface area contributed by atoms with E-state index in [1.807, 2.05) is 27.7 Å². The van der Waals surface area contributed by atoms with E-state index < -0.39 is 187 Å². The third kappa shape index (κ3) is 21.8. The molecule has 0 aliphatic carbocycles. The van der Waals surface area contributed by atoms with Gasteiger partial charge >= 0.3 is 34.6 Å². The number of hydrogen-bond donors (Lipinski definition) is 16. The van der Waals surface area contributed by atoms with E-state index in [2.05, 4.69) is 74.9 Å². The average Bonchev–Trinajstić information content (AvgIpc) is 1.63. The maximum atomic E-state index is 14.6. The van der Waals surface area contributed by atoms with Gasteiger partial charge in [0.1, 0.15) is 110 Å². The van der Waals surface area contributed by atoms with Crippen LogP contribution in [0.5, 0.6) is 11.5 Å². The molecule has 139 heavy (non-hydrogen) atoms. The quantitative estimate of drug-likeness (QED) is 0.0233. The van der Waals surface area contributed by atoms with Crippen LogP contribution in [-0.2, 0) is 75.8 Å². The number of fused-ring (bicyclic) bond motifs is 5. The van der Waals surface area contributed by atoms with Crippen molar-refractivity contribution >= 4 is 97.4 Å². The van der Waals surface area contributed by atoms with Crippen LogP contribution >= 0.6 is 23.2 Å². The smallest absolute Gasteiger partial charge is 0.408 e. The first-order valence-electron chi connectivity index (χ1n) is 44.7. The van der Waals surface area contributed by atoms with Gasteiger partial charge in [-0.05, 0) is 44.7 Å². The number of nitrogens with one attached hydrogen (secondary N) is 5. The van der Waals surface area contributed by atoms with Crippen LogP contribution < -0.4 is 76.8 Å². The number of aliphatic hydroxyl groups is 6. The Balaban J connectivity index is 0.000000151. The molecule has 7 aliphatic rings. The van der Waals surface area contributed by atoms with Crippen LogP contribution in [0.15, 0.2) is 97.1 Å². The van der Waals surface area contributed by atoms with Gasteiger partial charge in [0.05, 0.1) is 83.3 Å². The molecule has 17 heterocycles. The SMILES string of the molecule is CCCN(CCC)P(=O)(OC[C@H]1O[C@@H](n2cc(C)c(=O)[nH]c2=O)C[C@H]1O)O[C@@H]1C[C@H](n2cnc3c(=O)[nH]c(N)nc32)O[C@@H]1CO.CCCN(CCC)P(=O)(OC[C@H]1O[C@@H](n2ccc(N)nc2=O)C[C@H]1O)O[C@@H]1C[C@H](n2cnc3c(=O)[nH]c(N)nc32)O[C@@H]1CO.Nc1nc2c(ncn2[C@H]2C[C@@H](O)[C@@H](COP(=O)(NCc3cccc4c3OCO4)O[C@@H]3C[C@H](n4cnc5c(N)ncnc54)O[C@@H]3CO)O2)c(=O)[nH]1. The molecule has 60 heteroatoms. The van der Waals surface area contributed by atoms with Crippen molar-refractivity contribution in [1.82, 2.24) is 112 Å². The number of nitrogens with zero attached hydrogens (tertiary/aromatic N) is 18. The Morgan fingerprint density at radius 3 is 1.32 bits per heavy atom. The summed E-state index contributed by atoms with van der Waals surface area (Å²) in [6.45, 7) is 8.34. The van der Waals surface area contributed by atoms with Gasteiger partial charge in [0, 0.05) is 94.8 Å². The number of aryl methyl sites for hydroxylation is 1. The molecule has 11 aromatic rings.